The molecule has 2 rings (SSSR count). The first kappa shape index (κ1) is 11.1. The van der Waals surface area contributed by atoms with E-state index in [4.69, 9.17) is 5.84 Å². The lowest BCUT2D eigenvalue weighted by atomic mass is 10.0. The molecule has 16 heavy (non-hydrogen) atoms. The molecule has 1 unspecified atom stereocenters. The van der Waals surface area contributed by atoms with Gasteiger partial charge in [-0.2, -0.15) is 8.75 Å². The number of benzene rings is 1. The average molecular weight is 238 g/mol. The van der Waals surface area contributed by atoms with E-state index in [2.05, 4.69) is 14.2 Å². The van der Waals surface area contributed by atoms with Crippen molar-refractivity contribution in [3.05, 3.63) is 47.5 Å². The number of nitrogens with one attached hydrogen (secondary N) is 1. The SMILES string of the molecule is NNC(Cc1cccc(F)c1)c1cnsn1. The maximum Gasteiger partial charge on any atom is 0.123 e. The van der Waals surface area contributed by atoms with Gasteiger partial charge in [0, 0.05) is 0 Å². The normalized spacial score (nSPS) is 12.6. The van der Waals surface area contributed by atoms with Crippen LogP contribution in [0.3, 0.4) is 0 Å². The Kier molecular flexibility index (Phi) is 3.55. The topological polar surface area (TPSA) is 63.8 Å². The zero-order valence-electron chi connectivity index (χ0n) is 8.43. The molecule has 3 N–H and O–H groups in total. The van der Waals surface area contributed by atoms with Crippen molar-refractivity contribution in [3.63, 3.8) is 0 Å². The number of aromatic nitrogens is 2. The predicted molar refractivity (Wildman–Crippen MR) is 60.1 cm³/mol. The molecule has 1 atom stereocenters. The monoisotopic (exact) mass is 238 g/mol. The molecule has 2 aromatic rings. The molecule has 0 bridgehead atoms. The van der Waals surface area contributed by atoms with Crippen LogP contribution in [0, 0.1) is 5.82 Å². The van der Waals surface area contributed by atoms with E-state index < -0.39 is 0 Å². The van der Waals surface area contributed by atoms with E-state index >= 15 is 0 Å². The van der Waals surface area contributed by atoms with E-state index in [1.807, 2.05) is 6.07 Å². The van der Waals surface area contributed by atoms with Crippen molar-refractivity contribution in [1.29, 1.82) is 0 Å². The van der Waals surface area contributed by atoms with Crippen molar-refractivity contribution in [1.82, 2.24) is 14.2 Å². The summed E-state index contributed by atoms with van der Waals surface area (Å²) in [6, 6.07) is 6.30. The van der Waals surface area contributed by atoms with Gasteiger partial charge in [0.25, 0.3) is 0 Å². The van der Waals surface area contributed by atoms with Crippen LogP contribution < -0.4 is 11.3 Å². The Morgan fingerprint density at radius 1 is 1.50 bits per heavy atom. The minimum absolute atomic E-state index is 0.138. The standard InChI is InChI=1S/C10H11FN4S/c11-8-3-1-2-7(4-8)5-9(14-12)10-6-13-16-15-10/h1-4,6,9,14H,5,12H2. The second kappa shape index (κ2) is 5.11. The molecule has 0 fully saturated rings. The van der Waals surface area contributed by atoms with E-state index in [0.717, 1.165) is 23.0 Å². The summed E-state index contributed by atoms with van der Waals surface area (Å²) in [6.45, 7) is 0. The summed E-state index contributed by atoms with van der Waals surface area (Å²) in [5.74, 6) is 5.20. The zero-order valence-corrected chi connectivity index (χ0v) is 9.25. The van der Waals surface area contributed by atoms with Crippen LogP contribution in [-0.4, -0.2) is 8.75 Å². The van der Waals surface area contributed by atoms with Crippen LogP contribution in [0.25, 0.3) is 0 Å². The van der Waals surface area contributed by atoms with Crippen LogP contribution in [0.2, 0.25) is 0 Å². The van der Waals surface area contributed by atoms with Gasteiger partial charge < -0.3 is 0 Å². The maximum atomic E-state index is 13.0. The highest BCUT2D eigenvalue weighted by Gasteiger charge is 2.13. The third-order valence-corrected chi connectivity index (χ3v) is 2.76. The van der Waals surface area contributed by atoms with Crippen molar-refractivity contribution in [3.8, 4) is 0 Å². The summed E-state index contributed by atoms with van der Waals surface area (Å²) < 4.78 is 21.0. The lowest BCUT2D eigenvalue weighted by Gasteiger charge is -2.12. The zero-order chi connectivity index (χ0) is 11.4. The van der Waals surface area contributed by atoms with Gasteiger partial charge in [-0.15, -0.1) is 0 Å². The van der Waals surface area contributed by atoms with Gasteiger partial charge in [-0.3, -0.25) is 11.3 Å². The van der Waals surface area contributed by atoms with Crippen LogP contribution in [0.5, 0.6) is 0 Å². The van der Waals surface area contributed by atoms with Crippen molar-refractivity contribution < 1.29 is 4.39 Å². The van der Waals surface area contributed by atoms with Gasteiger partial charge in [-0.05, 0) is 24.1 Å². The van der Waals surface area contributed by atoms with Crippen LogP contribution >= 0.6 is 11.7 Å². The molecule has 1 aromatic heterocycles. The van der Waals surface area contributed by atoms with Gasteiger partial charge in [0.1, 0.15) is 5.82 Å². The lowest BCUT2D eigenvalue weighted by Crippen LogP contribution is -2.29. The van der Waals surface area contributed by atoms with E-state index in [1.165, 1.54) is 12.1 Å². The highest BCUT2D eigenvalue weighted by atomic mass is 32.1. The van der Waals surface area contributed by atoms with E-state index in [1.54, 1.807) is 12.3 Å². The van der Waals surface area contributed by atoms with E-state index in [0.29, 0.717) is 6.42 Å². The second-order valence-electron chi connectivity index (χ2n) is 3.39. The second-order valence-corrected chi connectivity index (χ2v) is 3.94. The van der Waals surface area contributed by atoms with Crippen LogP contribution in [0.4, 0.5) is 4.39 Å². The number of rotatable bonds is 4. The molecule has 0 radical (unpaired) electrons. The van der Waals surface area contributed by atoms with Gasteiger partial charge in [0.2, 0.25) is 0 Å². The van der Waals surface area contributed by atoms with Gasteiger partial charge in [0.15, 0.2) is 0 Å². The van der Waals surface area contributed by atoms with E-state index in [-0.39, 0.29) is 11.9 Å². The van der Waals surface area contributed by atoms with E-state index in [9.17, 15) is 4.39 Å². The van der Waals surface area contributed by atoms with Gasteiger partial charge in [-0.1, -0.05) is 12.1 Å². The Labute approximate surface area is 96.6 Å². The number of hydrogen-bond acceptors (Lipinski definition) is 5. The first-order valence-corrected chi connectivity index (χ1v) is 5.50. The molecule has 84 valence electrons. The molecule has 6 heteroatoms. The van der Waals surface area contributed by atoms with Crippen molar-refractivity contribution in [2.24, 2.45) is 5.84 Å². The molecule has 0 amide bonds. The van der Waals surface area contributed by atoms with Crippen LogP contribution in [0.1, 0.15) is 17.3 Å². The summed E-state index contributed by atoms with van der Waals surface area (Å²) in [6.07, 6.45) is 2.24. The Morgan fingerprint density at radius 2 is 2.38 bits per heavy atom. The third-order valence-electron chi connectivity index (χ3n) is 2.27. The Morgan fingerprint density at radius 3 is 3.00 bits per heavy atom. The fraction of sp³-hybridized carbons (Fsp3) is 0.200. The minimum atomic E-state index is -0.246. The lowest BCUT2D eigenvalue weighted by molar-refractivity contribution is 0.539. The Balaban J connectivity index is 2.13. The van der Waals surface area contributed by atoms with Crippen LogP contribution in [-0.2, 0) is 6.42 Å². The smallest absolute Gasteiger partial charge is 0.123 e. The molecule has 4 nitrogen and oxygen atoms in total. The quantitative estimate of drug-likeness (QED) is 0.624. The summed E-state index contributed by atoms with van der Waals surface area (Å²) in [5.41, 5.74) is 4.30. The molecule has 0 spiro atoms. The molecule has 0 aliphatic rings. The summed E-state index contributed by atoms with van der Waals surface area (Å²) >= 11 is 1.13. The molecule has 0 saturated carbocycles. The fourth-order valence-electron chi connectivity index (χ4n) is 1.47. The van der Waals surface area contributed by atoms with Crippen molar-refractivity contribution >= 4 is 11.7 Å². The molecular weight excluding hydrogens is 227 g/mol. The number of hydrazine groups is 1. The molecule has 1 heterocycles. The first-order valence-electron chi connectivity index (χ1n) is 4.77. The number of nitrogens with two attached hydrogens (primary N) is 1. The highest BCUT2D eigenvalue weighted by molar-refractivity contribution is 6.99. The van der Waals surface area contributed by atoms with Gasteiger partial charge in [-0.25, -0.2) is 4.39 Å². The molecule has 0 aliphatic heterocycles. The summed E-state index contributed by atoms with van der Waals surface area (Å²) in [4.78, 5) is 0. The molecule has 1 aromatic carbocycles. The van der Waals surface area contributed by atoms with Gasteiger partial charge in [0.05, 0.1) is 29.7 Å². The number of halogens is 1. The van der Waals surface area contributed by atoms with Crippen molar-refractivity contribution in [2.45, 2.75) is 12.5 Å². The van der Waals surface area contributed by atoms with Gasteiger partial charge >= 0.3 is 0 Å². The minimum Gasteiger partial charge on any atom is -0.271 e. The number of hydrogen-bond donors (Lipinski definition) is 2. The Bertz CT molecular complexity index is 446. The van der Waals surface area contributed by atoms with Crippen LogP contribution in [0.15, 0.2) is 30.5 Å². The summed E-state index contributed by atoms with van der Waals surface area (Å²) in [5, 5.41) is 0. The predicted octanol–water partition coefficient (Wildman–Crippen LogP) is 1.42. The molecular formula is C10H11FN4S. The largest absolute Gasteiger partial charge is 0.271 e. The average Bonchev–Trinajstić information content (AvgIpc) is 2.79. The summed E-state index contributed by atoms with van der Waals surface area (Å²) in [7, 11) is 0. The number of nitrogens with zero attached hydrogens (tertiary/aromatic N) is 2. The Hall–Kier alpha value is -1.37. The van der Waals surface area contributed by atoms with Crippen molar-refractivity contribution in [2.75, 3.05) is 0 Å². The first-order chi connectivity index (χ1) is 7.79. The highest BCUT2D eigenvalue weighted by Crippen LogP contribution is 2.16. The third kappa shape index (κ3) is 2.60. The fourth-order valence-corrected chi connectivity index (χ4v) is 1.94. The molecule has 0 saturated heterocycles. The molecule has 0 aliphatic carbocycles. The maximum absolute atomic E-state index is 13.0.